The first-order valence-corrected chi connectivity index (χ1v) is 8.39. The Balaban J connectivity index is 1.69. The minimum absolute atomic E-state index is 0.233. The number of fused-ring (bicyclic) bond motifs is 3. The molecule has 136 valence electrons. The number of benzene rings is 2. The molecule has 0 spiro atoms. The number of nitrogens with one attached hydrogen (secondary N) is 1. The Kier molecular flexibility index (Phi) is 4.12. The number of hydrogen-bond acceptors (Lipinski definition) is 4. The van der Waals surface area contributed by atoms with Crippen LogP contribution >= 0.6 is 11.6 Å². The van der Waals surface area contributed by atoms with Crippen LogP contribution in [0.25, 0.3) is 16.6 Å². The molecule has 2 heterocycles. The lowest BCUT2D eigenvalue weighted by Gasteiger charge is -2.08. The summed E-state index contributed by atoms with van der Waals surface area (Å²) >= 11 is 5.95. The first-order valence-electron chi connectivity index (χ1n) is 8.02. The Morgan fingerprint density at radius 2 is 2.07 bits per heavy atom. The predicted octanol–water partition coefficient (Wildman–Crippen LogP) is 2.78. The lowest BCUT2D eigenvalue weighted by Crippen LogP contribution is -2.28. The summed E-state index contributed by atoms with van der Waals surface area (Å²) in [6.45, 7) is 1.53. The zero-order chi connectivity index (χ0) is 19.1. The molecular weight excluding hydrogens is 373 g/mol. The third kappa shape index (κ3) is 3.15. The van der Waals surface area contributed by atoms with E-state index < -0.39 is 17.4 Å². The van der Waals surface area contributed by atoms with Crippen molar-refractivity contribution in [1.82, 2.24) is 19.2 Å². The molecule has 0 aliphatic heterocycles. The van der Waals surface area contributed by atoms with Gasteiger partial charge in [0.2, 0.25) is 5.91 Å². The monoisotopic (exact) mass is 385 g/mol. The minimum Gasteiger partial charge on any atom is -0.324 e. The molecule has 4 rings (SSSR count). The molecule has 9 heteroatoms. The minimum atomic E-state index is -0.540. The van der Waals surface area contributed by atoms with E-state index in [-0.39, 0.29) is 12.2 Å². The summed E-state index contributed by atoms with van der Waals surface area (Å²) in [5.41, 5.74) is 1.58. The Labute approximate surface area is 157 Å². The Morgan fingerprint density at radius 1 is 1.26 bits per heavy atom. The summed E-state index contributed by atoms with van der Waals surface area (Å²) in [5, 5.41) is 7.76. The highest BCUT2D eigenvalue weighted by atomic mass is 35.5. The average Bonchev–Trinajstić information content (AvgIpc) is 2.94. The van der Waals surface area contributed by atoms with Gasteiger partial charge < -0.3 is 5.32 Å². The van der Waals surface area contributed by atoms with Gasteiger partial charge in [-0.1, -0.05) is 17.7 Å². The van der Waals surface area contributed by atoms with Crippen LogP contribution in [0.4, 0.5) is 10.1 Å². The van der Waals surface area contributed by atoms with E-state index in [1.165, 1.54) is 28.9 Å². The Morgan fingerprint density at radius 3 is 2.89 bits per heavy atom. The van der Waals surface area contributed by atoms with Crippen LogP contribution in [0.1, 0.15) is 5.56 Å². The average molecular weight is 386 g/mol. The van der Waals surface area contributed by atoms with Gasteiger partial charge in [-0.05, 0) is 42.8 Å². The van der Waals surface area contributed by atoms with Crippen molar-refractivity contribution in [3.05, 3.63) is 69.6 Å². The van der Waals surface area contributed by atoms with Gasteiger partial charge in [0.15, 0.2) is 5.65 Å². The number of hydrogen-bond donors (Lipinski definition) is 1. The van der Waals surface area contributed by atoms with E-state index in [0.717, 1.165) is 10.2 Å². The van der Waals surface area contributed by atoms with Crippen molar-refractivity contribution in [2.45, 2.75) is 13.5 Å². The van der Waals surface area contributed by atoms with E-state index in [2.05, 4.69) is 15.4 Å². The van der Waals surface area contributed by atoms with Gasteiger partial charge in [0.05, 0.1) is 5.52 Å². The highest BCUT2D eigenvalue weighted by Crippen LogP contribution is 2.20. The number of carbonyl (C=O) groups is 1. The smallest absolute Gasteiger partial charge is 0.324 e. The van der Waals surface area contributed by atoms with E-state index in [4.69, 9.17) is 11.6 Å². The van der Waals surface area contributed by atoms with E-state index in [1.807, 2.05) is 6.92 Å². The van der Waals surface area contributed by atoms with Gasteiger partial charge in [0.25, 0.3) is 0 Å². The normalized spacial score (nSPS) is 11.2. The second-order valence-electron chi connectivity index (χ2n) is 6.05. The molecule has 1 N–H and O–H groups in total. The van der Waals surface area contributed by atoms with Crippen molar-refractivity contribution in [1.29, 1.82) is 0 Å². The topological polar surface area (TPSA) is 81.3 Å². The number of aryl methyl sites for hydroxylation is 1. The standard InChI is InChI=1S/C18H13ClFN5O2/c1-10-2-3-11(19)6-15(10)22-16(26)8-25-18(27)24-9-21-14-5-4-12(20)7-13(14)17(24)23-25/h2-7,9H,8H2,1H3,(H,22,26). The zero-order valence-electron chi connectivity index (χ0n) is 14.1. The molecule has 0 fully saturated rings. The number of halogens is 2. The maximum atomic E-state index is 13.6. The van der Waals surface area contributed by atoms with Gasteiger partial charge in [0.1, 0.15) is 18.7 Å². The lowest BCUT2D eigenvalue weighted by atomic mass is 10.2. The molecule has 0 saturated carbocycles. The summed E-state index contributed by atoms with van der Waals surface area (Å²) in [5.74, 6) is -0.900. The van der Waals surface area contributed by atoms with Crippen LogP contribution < -0.4 is 11.0 Å². The van der Waals surface area contributed by atoms with Gasteiger partial charge in [-0.25, -0.2) is 23.3 Å². The van der Waals surface area contributed by atoms with Gasteiger partial charge >= 0.3 is 5.69 Å². The molecule has 0 aliphatic carbocycles. The highest BCUT2D eigenvalue weighted by Gasteiger charge is 2.14. The summed E-state index contributed by atoms with van der Waals surface area (Å²) in [7, 11) is 0. The largest absolute Gasteiger partial charge is 0.352 e. The molecule has 27 heavy (non-hydrogen) atoms. The third-order valence-electron chi connectivity index (χ3n) is 4.15. The molecule has 2 aromatic carbocycles. The maximum Gasteiger partial charge on any atom is 0.352 e. The first kappa shape index (κ1) is 17.2. The van der Waals surface area contributed by atoms with Crippen molar-refractivity contribution >= 4 is 39.7 Å². The number of amides is 1. The molecule has 0 saturated heterocycles. The fourth-order valence-corrected chi connectivity index (χ4v) is 2.96. The van der Waals surface area contributed by atoms with Gasteiger partial charge in [0, 0.05) is 16.1 Å². The van der Waals surface area contributed by atoms with Crippen LogP contribution in [0, 0.1) is 12.7 Å². The van der Waals surface area contributed by atoms with Gasteiger partial charge in [-0.3, -0.25) is 4.79 Å². The van der Waals surface area contributed by atoms with Crippen molar-refractivity contribution in [3.63, 3.8) is 0 Å². The fraction of sp³-hybridized carbons (Fsp3) is 0.111. The summed E-state index contributed by atoms with van der Waals surface area (Å²) in [6.07, 6.45) is 1.31. The first-order chi connectivity index (χ1) is 12.9. The molecule has 4 aromatic rings. The van der Waals surface area contributed by atoms with Gasteiger partial charge in [-0.15, -0.1) is 5.10 Å². The molecule has 2 aromatic heterocycles. The van der Waals surface area contributed by atoms with Crippen molar-refractivity contribution in [2.24, 2.45) is 0 Å². The second kappa shape index (κ2) is 6.48. The Bertz CT molecular complexity index is 1260. The quantitative estimate of drug-likeness (QED) is 0.588. The molecule has 1 amide bonds. The number of rotatable bonds is 3. The van der Waals surface area contributed by atoms with Crippen molar-refractivity contribution < 1.29 is 9.18 Å². The Hall–Kier alpha value is -3.26. The van der Waals surface area contributed by atoms with Crippen molar-refractivity contribution in [2.75, 3.05) is 5.32 Å². The number of anilines is 1. The predicted molar refractivity (Wildman–Crippen MR) is 99.5 cm³/mol. The summed E-state index contributed by atoms with van der Waals surface area (Å²) < 4.78 is 15.8. The lowest BCUT2D eigenvalue weighted by molar-refractivity contribution is -0.117. The summed E-state index contributed by atoms with van der Waals surface area (Å²) in [4.78, 5) is 29.0. The van der Waals surface area contributed by atoms with E-state index >= 15 is 0 Å². The zero-order valence-corrected chi connectivity index (χ0v) is 14.9. The maximum absolute atomic E-state index is 13.6. The molecular formula is C18H13ClFN5O2. The number of aromatic nitrogens is 4. The van der Waals surface area contributed by atoms with E-state index in [1.54, 1.807) is 18.2 Å². The van der Waals surface area contributed by atoms with Crippen LogP contribution in [0.15, 0.2) is 47.5 Å². The fourth-order valence-electron chi connectivity index (χ4n) is 2.79. The molecule has 0 bridgehead atoms. The van der Waals surface area contributed by atoms with Crippen LogP contribution in [0.3, 0.4) is 0 Å². The SMILES string of the molecule is Cc1ccc(Cl)cc1NC(=O)Cn1nc2c3cc(F)ccc3ncn2c1=O. The molecule has 0 unspecified atom stereocenters. The van der Waals surface area contributed by atoms with Crippen LogP contribution in [-0.4, -0.2) is 25.1 Å². The van der Waals surface area contributed by atoms with Gasteiger partial charge in [-0.2, -0.15) is 0 Å². The molecule has 7 nitrogen and oxygen atoms in total. The van der Waals surface area contributed by atoms with E-state index in [0.29, 0.717) is 21.6 Å². The van der Waals surface area contributed by atoms with Crippen molar-refractivity contribution in [3.8, 4) is 0 Å². The van der Waals surface area contributed by atoms with E-state index in [9.17, 15) is 14.0 Å². The third-order valence-corrected chi connectivity index (χ3v) is 4.38. The highest BCUT2D eigenvalue weighted by molar-refractivity contribution is 6.31. The molecule has 0 atom stereocenters. The summed E-state index contributed by atoms with van der Waals surface area (Å²) in [6, 6.07) is 9.16. The molecule has 0 aliphatic rings. The van der Waals surface area contributed by atoms with Crippen LogP contribution in [0.2, 0.25) is 5.02 Å². The number of carbonyl (C=O) groups excluding carboxylic acids is 1. The molecule has 0 radical (unpaired) electrons. The van der Waals surface area contributed by atoms with Crippen LogP contribution in [-0.2, 0) is 11.3 Å². The van der Waals surface area contributed by atoms with Crippen LogP contribution in [0.5, 0.6) is 0 Å². The second-order valence-corrected chi connectivity index (χ2v) is 6.48. The number of nitrogens with zero attached hydrogens (tertiary/aromatic N) is 4.